The summed E-state index contributed by atoms with van der Waals surface area (Å²) in [5.41, 5.74) is 3.21. The van der Waals surface area contributed by atoms with Crippen LogP contribution in [0.25, 0.3) is 11.1 Å². The minimum absolute atomic E-state index is 0.110. The van der Waals surface area contributed by atoms with Gasteiger partial charge in [-0.25, -0.2) is 4.39 Å². The molecule has 1 atom stereocenters. The van der Waals surface area contributed by atoms with Gasteiger partial charge >= 0.3 is 0 Å². The van der Waals surface area contributed by atoms with Gasteiger partial charge in [-0.3, -0.25) is 0 Å². The number of hydrogen-bond acceptors (Lipinski definition) is 3. The molecule has 0 unspecified atom stereocenters. The second-order valence-electron chi connectivity index (χ2n) is 6.61. The van der Waals surface area contributed by atoms with Crippen LogP contribution in [-0.2, 0) is 11.3 Å². The zero-order valence-corrected chi connectivity index (χ0v) is 15.2. The van der Waals surface area contributed by atoms with Crippen molar-refractivity contribution in [3.05, 3.63) is 83.7 Å². The van der Waals surface area contributed by atoms with Crippen molar-refractivity contribution < 1.29 is 18.6 Å². The van der Waals surface area contributed by atoms with E-state index in [1.165, 1.54) is 6.07 Å². The quantitative estimate of drug-likeness (QED) is 0.543. The Hall–Kier alpha value is -2.85. The second kappa shape index (κ2) is 7.80. The van der Waals surface area contributed by atoms with Gasteiger partial charge in [-0.05, 0) is 35.7 Å². The summed E-state index contributed by atoms with van der Waals surface area (Å²) in [6.07, 6.45) is 0.110. The Morgan fingerprint density at radius 3 is 2.44 bits per heavy atom. The molecule has 0 spiro atoms. The average molecular weight is 364 g/mol. The summed E-state index contributed by atoms with van der Waals surface area (Å²) in [5, 5.41) is 0. The Morgan fingerprint density at radius 1 is 0.963 bits per heavy atom. The van der Waals surface area contributed by atoms with Crippen LogP contribution in [-0.4, -0.2) is 19.3 Å². The SMILES string of the molecule is Cc1ccccc1-c1c(F)ccc(OC[C@H]2CO2)c1OCc1ccccc1. The van der Waals surface area contributed by atoms with E-state index in [0.717, 1.165) is 16.7 Å². The Balaban J connectivity index is 1.73. The van der Waals surface area contributed by atoms with Gasteiger partial charge in [0.25, 0.3) is 0 Å². The van der Waals surface area contributed by atoms with Crippen molar-refractivity contribution in [3.63, 3.8) is 0 Å². The molecule has 27 heavy (non-hydrogen) atoms. The van der Waals surface area contributed by atoms with Crippen molar-refractivity contribution in [1.29, 1.82) is 0 Å². The van der Waals surface area contributed by atoms with E-state index in [0.29, 0.717) is 36.9 Å². The molecule has 1 aliphatic heterocycles. The number of ether oxygens (including phenoxy) is 3. The van der Waals surface area contributed by atoms with E-state index in [2.05, 4.69) is 0 Å². The molecule has 0 bridgehead atoms. The van der Waals surface area contributed by atoms with Gasteiger partial charge in [0.1, 0.15) is 25.1 Å². The summed E-state index contributed by atoms with van der Waals surface area (Å²) in [7, 11) is 0. The van der Waals surface area contributed by atoms with E-state index in [1.807, 2.05) is 61.5 Å². The first-order valence-corrected chi connectivity index (χ1v) is 9.02. The van der Waals surface area contributed by atoms with E-state index < -0.39 is 0 Å². The van der Waals surface area contributed by atoms with Crippen molar-refractivity contribution >= 4 is 0 Å². The van der Waals surface area contributed by atoms with E-state index >= 15 is 0 Å². The van der Waals surface area contributed by atoms with Crippen molar-refractivity contribution in [1.82, 2.24) is 0 Å². The molecule has 138 valence electrons. The van der Waals surface area contributed by atoms with Crippen LogP contribution in [0.5, 0.6) is 11.5 Å². The number of aryl methyl sites for hydroxylation is 1. The lowest BCUT2D eigenvalue weighted by atomic mass is 9.98. The molecule has 1 saturated heterocycles. The normalized spacial score (nSPS) is 15.4. The maximum absolute atomic E-state index is 14.9. The van der Waals surface area contributed by atoms with Crippen molar-refractivity contribution in [2.45, 2.75) is 19.6 Å². The summed E-state index contributed by atoms with van der Waals surface area (Å²) >= 11 is 0. The molecular weight excluding hydrogens is 343 g/mol. The van der Waals surface area contributed by atoms with Crippen LogP contribution in [0.4, 0.5) is 4.39 Å². The van der Waals surface area contributed by atoms with Crippen LogP contribution in [0.3, 0.4) is 0 Å². The first-order chi connectivity index (χ1) is 13.2. The van der Waals surface area contributed by atoms with Crippen LogP contribution in [0.15, 0.2) is 66.7 Å². The molecule has 0 saturated carbocycles. The molecule has 3 aromatic carbocycles. The summed E-state index contributed by atoms with van der Waals surface area (Å²) in [6, 6.07) is 20.6. The molecule has 0 N–H and O–H groups in total. The molecule has 0 amide bonds. The van der Waals surface area contributed by atoms with Gasteiger partial charge in [0.2, 0.25) is 0 Å². The summed E-state index contributed by atoms with van der Waals surface area (Å²) in [5.74, 6) is 0.622. The maximum Gasteiger partial charge on any atom is 0.172 e. The van der Waals surface area contributed by atoms with Gasteiger partial charge < -0.3 is 14.2 Å². The predicted molar refractivity (Wildman–Crippen MR) is 103 cm³/mol. The average Bonchev–Trinajstić information content (AvgIpc) is 3.52. The van der Waals surface area contributed by atoms with Crippen LogP contribution < -0.4 is 9.47 Å². The van der Waals surface area contributed by atoms with Crippen LogP contribution in [0.1, 0.15) is 11.1 Å². The molecule has 3 nitrogen and oxygen atoms in total. The Morgan fingerprint density at radius 2 is 1.70 bits per heavy atom. The lowest BCUT2D eigenvalue weighted by Gasteiger charge is -2.18. The molecule has 0 aliphatic carbocycles. The standard InChI is InChI=1S/C23H21FO3/c1-16-7-5-6-10-19(16)22-20(24)11-12-21(26-15-18-14-25-18)23(22)27-13-17-8-3-2-4-9-17/h2-12,18H,13-15H2,1H3/t18-/m1/s1. The number of hydrogen-bond donors (Lipinski definition) is 0. The topological polar surface area (TPSA) is 31.0 Å². The predicted octanol–water partition coefficient (Wildman–Crippen LogP) is 5.16. The third-order valence-electron chi connectivity index (χ3n) is 4.54. The van der Waals surface area contributed by atoms with E-state index in [1.54, 1.807) is 6.07 Å². The monoisotopic (exact) mass is 364 g/mol. The maximum atomic E-state index is 14.9. The van der Waals surface area contributed by atoms with Gasteiger partial charge in [0, 0.05) is 0 Å². The lowest BCUT2D eigenvalue weighted by Crippen LogP contribution is -2.07. The highest BCUT2D eigenvalue weighted by Crippen LogP contribution is 2.42. The molecule has 1 fully saturated rings. The fraction of sp³-hybridized carbons (Fsp3) is 0.217. The van der Waals surface area contributed by atoms with E-state index in [4.69, 9.17) is 14.2 Å². The first-order valence-electron chi connectivity index (χ1n) is 9.02. The number of benzene rings is 3. The van der Waals surface area contributed by atoms with Gasteiger partial charge in [-0.15, -0.1) is 0 Å². The molecule has 0 aromatic heterocycles. The number of rotatable bonds is 7. The Labute approximate surface area is 158 Å². The third kappa shape index (κ3) is 4.12. The molecule has 4 heteroatoms. The number of halogens is 1. The lowest BCUT2D eigenvalue weighted by molar-refractivity contribution is 0.238. The molecule has 1 aliphatic rings. The summed E-state index contributed by atoms with van der Waals surface area (Å²) in [6.45, 7) is 3.42. The highest BCUT2D eigenvalue weighted by Gasteiger charge is 2.25. The zero-order chi connectivity index (χ0) is 18.6. The molecular formula is C23H21FO3. The van der Waals surface area contributed by atoms with Crippen molar-refractivity contribution in [3.8, 4) is 22.6 Å². The van der Waals surface area contributed by atoms with Gasteiger partial charge in [0.05, 0.1) is 12.2 Å². The van der Waals surface area contributed by atoms with Gasteiger partial charge in [0.15, 0.2) is 11.5 Å². The first kappa shape index (κ1) is 17.6. The van der Waals surface area contributed by atoms with E-state index in [9.17, 15) is 4.39 Å². The molecule has 3 aromatic rings. The largest absolute Gasteiger partial charge is 0.487 e. The van der Waals surface area contributed by atoms with Gasteiger partial charge in [-0.2, -0.15) is 0 Å². The molecule has 0 radical (unpaired) electrons. The second-order valence-corrected chi connectivity index (χ2v) is 6.61. The Kier molecular flexibility index (Phi) is 5.07. The highest BCUT2D eigenvalue weighted by atomic mass is 19.1. The highest BCUT2D eigenvalue weighted by molar-refractivity contribution is 5.76. The van der Waals surface area contributed by atoms with Crippen molar-refractivity contribution in [2.75, 3.05) is 13.2 Å². The van der Waals surface area contributed by atoms with E-state index in [-0.39, 0.29) is 11.9 Å². The Bertz CT molecular complexity index is 920. The third-order valence-corrected chi connectivity index (χ3v) is 4.54. The fourth-order valence-corrected chi connectivity index (χ4v) is 2.98. The number of epoxide rings is 1. The molecule has 4 rings (SSSR count). The summed E-state index contributed by atoms with van der Waals surface area (Å²) < 4.78 is 32.1. The van der Waals surface area contributed by atoms with Crippen LogP contribution in [0, 0.1) is 12.7 Å². The van der Waals surface area contributed by atoms with Crippen LogP contribution >= 0.6 is 0 Å². The van der Waals surface area contributed by atoms with Crippen LogP contribution in [0.2, 0.25) is 0 Å². The summed E-state index contributed by atoms with van der Waals surface area (Å²) in [4.78, 5) is 0. The molecule has 1 heterocycles. The minimum atomic E-state index is -0.331. The zero-order valence-electron chi connectivity index (χ0n) is 15.2. The van der Waals surface area contributed by atoms with Crippen molar-refractivity contribution in [2.24, 2.45) is 0 Å². The van der Waals surface area contributed by atoms with Gasteiger partial charge in [-0.1, -0.05) is 54.6 Å². The minimum Gasteiger partial charge on any atom is -0.487 e. The smallest absolute Gasteiger partial charge is 0.172 e. The fourth-order valence-electron chi connectivity index (χ4n) is 2.98.